The van der Waals surface area contributed by atoms with E-state index in [1.165, 1.54) is 0 Å². The van der Waals surface area contributed by atoms with Crippen molar-refractivity contribution >= 4 is 23.2 Å². The molecule has 1 saturated carbocycles. The number of hydrogen-bond acceptors (Lipinski definition) is 4. The van der Waals surface area contributed by atoms with Gasteiger partial charge in [0.25, 0.3) is 0 Å². The van der Waals surface area contributed by atoms with Crippen molar-refractivity contribution in [3.8, 4) is 0 Å². The second kappa shape index (κ2) is 12.0. The van der Waals surface area contributed by atoms with E-state index in [4.69, 9.17) is 4.74 Å². The minimum absolute atomic E-state index is 0.0197. The third-order valence-corrected chi connectivity index (χ3v) is 6.74. The summed E-state index contributed by atoms with van der Waals surface area (Å²) in [6, 6.07) is 11.4. The van der Waals surface area contributed by atoms with E-state index in [0.29, 0.717) is 32.6 Å². The fourth-order valence-electron chi connectivity index (χ4n) is 4.24. The van der Waals surface area contributed by atoms with Crippen molar-refractivity contribution in [3.63, 3.8) is 0 Å². The molecule has 168 valence electrons. The first-order valence-electron chi connectivity index (χ1n) is 11.4. The standard InChI is InChI=1S/C25H34N2O3S/c1-3-30-16-9-15-27(23(28)18-21-13-8-17-31-21)24(22-14-7-4-10-19(22)2)25(29)26-20-11-5-6-12-20/h4,7-8,10,13-14,17,20,24H,3,5-6,9,11-12,15-16,18H2,1-2H3,(H,26,29). The van der Waals surface area contributed by atoms with Gasteiger partial charge in [0.15, 0.2) is 0 Å². The van der Waals surface area contributed by atoms with E-state index in [2.05, 4.69) is 5.32 Å². The second-order valence-corrected chi connectivity index (χ2v) is 9.18. The van der Waals surface area contributed by atoms with Crippen LogP contribution in [-0.2, 0) is 20.7 Å². The van der Waals surface area contributed by atoms with Gasteiger partial charge < -0.3 is 15.0 Å². The van der Waals surface area contributed by atoms with Crippen molar-refractivity contribution in [1.82, 2.24) is 10.2 Å². The maximum atomic E-state index is 13.6. The summed E-state index contributed by atoms with van der Waals surface area (Å²) in [5, 5.41) is 5.22. The predicted molar refractivity (Wildman–Crippen MR) is 125 cm³/mol. The number of benzene rings is 1. The van der Waals surface area contributed by atoms with E-state index in [-0.39, 0.29) is 17.9 Å². The van der Waals surface area contributed by atoms with E-state index < -0.39 is 6.04 Å². The number of thiophene rings is 1. The molecule has 0 spiro atoms. The molecular weight excluding hydrogens is 408 g/mol. The number of hydrogen-bond donors (Lipinski definition) is 1. The van der Waals surface area contributed by atoms with Crippen LogP contribution < -0.4 is 5.32 Å². The lowest BCUT2D eigenvalue weighted by molar-refractivity contribution is -0.141. The predicted octanol–water partition coefficient (Wildman–Crippen LogP) is 4.65. The molecule has 2 aromatic rings. The first kappa shape index (κ1) is 23.5. The van der Waals surface area contributed by atoms with Gasteiger partial charge in [-0.1, -0.05) is 43.2 Å². The van der Waals surface area contributed by atoms with Crippen molar-refractivity contribution in [1.29, 1.82) is 0 Å². The summed E-state index contributed by atoms with van der Waals surface area (Å²) < 4.78 is 5.51. The van der Waals surface area contributed by atoms with Gasteiger partial charge in [0.1, 0.15) is 6.04 Å². The molecule has 1 aromatic heterocycles. The molecule has 1 N–H and O–H groups in total. The highest BCUT2D eigenvalue weighted by molar-refractivity contribution is 7.10. The lowest BCUT2D eigenvalue weighted by Gasteiger charge is -2.33. The third-order valence-electron chi connectivity index (χ3n) is 5.86. The van der Waals surface area contributed by atoms with Gasteiger partial charge in [0.05, 0.1) is 6.42 Å². The molecule has 3 rings (SSSR count). The minimum Gasteiger partial charge on any atom is -0.382 e. The summed E-state index contributed by atoms with van der Waals surface area (Å²) in [5.74, 6) is -0.0917. The largest absolute Gasteiger partial charge is 0.382 e. The topological polar surface area (TPSA) is 58.6 Å². The summed E-state index contributed by atoms with van der Waals surface area (Å²) in [5.41, 5.74) is 1.92. The van der Waals surface area contributed by atoms with Gasteiger partial charge in [0, 0.05) is 30.7 Å². The van der Waals surface area contributed by atoms with Crippen molar-refractivity contribution < 1.29 is 14.3 Å². The Bertz CT molecular complexity index is 831. The highest BCUT2D eigenvalue weighted by Crippen LogP contribution is 2.28. The van der Waals surface area contributed by atoms with E-state index >= 15 is 0 Å². The minimum atomic E-state index is -0.629. The average molecular weight is 443 g/mol. The van der Waals surface area contributed by atoms with Gasteiger partial charge in [-0.25, -0.2) is 0 Å². The number of carbonyl (C=O) groups excluding carboxylic acids is 2. The number of aryl methyl sites for hydroxylation is 1. The van der Waals surface area contributed by atoms with Gasteiger partial charge in [-0.05, 0) is 55.7 Å². The number of amides is 2. The Morgan fingerprint density at radius 3 is 2.65 bits per heavy atom. The molecule has 1 aromatic carbocycles. The molecule has 6 heteroatoms. The summed E-state index contributed by atoms with van der Waals surface area (Å²) >= 11 is 1.57. The zero-order valence-corrected chi connectivity index (χ0v) is 19.5. The fraction of sp³-hybridized carbons (Fsp3) is 0.520. The van der Waals surface area contributed by atoms with Gasteiger partial charge in [-0.15, -0.1) is 11.3 Å². The van der Waals surface area contributed by atoms with Gasteiger partial charge in [-0.3, -0.25) is 9.59 Å². The van der Waals surface area contributed by atoms with E-state index in [1.807, 2.05) is 55.6 Å². The summed E-state index contributed by atoms with van der Waals surface area (Å²) in [7, 11) is 0. The molecule has 0 aliphatic heterocycles. The highest BCUT2D eigenvalue weighted by atomic mass is 32.1. The molecule has 1 atom stereocenters. The Labute approximate surface area is 189 Å². The molecular formula is C25H34N2O3S. The number of nitrogens with one attached hydrogen (secondary N) is 1. The van der Waals surface area contributed by atoms with E-state index in [0.717, 1.165) is 41.7 Å². The van der Waals surface area contributed by atoms with Gasteiger partial charge >= 0.3 is 0 Å². The van der Waals surface area contributed by atoms with Crippen LogP contribution in [0.3, 0.4) is 0 Å². The summed E-state index contributed by atoms with van der Waals surface area (Å²) in [6.07, 6.45) is 5.33. The first-order valence-corrected chi connectivity index (χ1v) is 12.2. The Hall–Kier alpha value is -2.18. The SMILES string of the molecule is CCOCCCN(C(=O)Cc1cccs1)C(C(=O)NC1CCCC1)c1ccccc1C. The normalized spacial score (nSPS) is 15.0. The zero-order chi connectivity index (χ0) is 22.1. The van der Waals surface area contributed by atoms with Crippen LogP contribution in [0.15, 0.2) is 41.8 Å². The van der Waals surface area contributed by atoms with Crippen molar-refractivity contribution in [2.75, 3.05) is 19.8 Å². The van der Waals surface area contributed by atoms with Crippen LogP contribution >= 0.6 is 11.3 Å². The molecule has 0 bridgehead atoms. The zero-order valence-electron chi connectivity index (χ0n) is 18.6. The molecule has 0 saturated heterocycles. The smallest absolute Gasteiger partial charge is 0.247 e. The quantitative estimate of drug-likeness (QED) is 0.515. The van der Waals surface area contributed by atoms with Crippen LogP contribution in [0.2, 0.25) is 0 Å². The fourth-order valence-corrected chi connectivity index (χ4v) is 4.93. The summed E-state index contributed by atoms with van der Waals surface area (Å²) in [4.78, 5) is 29.8. The van der Waals surface area contributed by atoms with Crippen LogP contribution in [-0.4, -0.2) is 42.5 Å². The maximum Gasteiger partial charge on any atom is 0.247 e. The molecule has 1 aliphatic rings. The third kappa shape index (κ3) is 6.65. The van der Waals surface area contributed by atoms with Crippen molar-refractivity contribution in [2.45, 2.75) is 64.5 Å². The van der Waals surface area contributed by atoms with Crippen LogP contribution in [0.5, 0.6) is 0 Å². The van der Waals surface area contributed by atoms with Gasteiger partial charge in [-0.2, -0.15) is 0 Å². The molecule has 5 nitrogen and oxygen atoms in total. The Morgan fingerprint density at radius 1 is 1.19 bits per heavy atom. The molecule has 31 heavy (non-hydrogen) atoms. The van der Waals surface area contributed by atoms with Crippen molar-refractivity contribution in [3.05, 3.63) is 57.8 Å². The van der Waals surface area contributed by atoms with Crippen LogP contribution in [0.25, 0.3) is 0 Å². The highest BCUT2D eigenvalue weighted by Gasteiger charge is 2.33. The second-order valence-electron chi connectivity index (χ2n) is 8.14. The summed E-state index contributed by atoms with van der Waals surface area (Å²) in [6.45, 7) is 5.68. The number of ether oxygens (including phenoxy) is 1. The van der Waals surface area contributed by atoms with Crippen LogP contribution in [0, 0.1) is 6.92 Å². The lowest BCUT2D eigenvalue weighted by Crippen LogP contribution is -2.47. The Balaban J connectivity index is 1.88. The molecule has 1 heterocycles. The molecule has 1 unspecified atom stereocenters. The molecule has 1 fully saturated rings. The average Bonchev–Trinajstić information content (AvgIpc) is 3.45. The maximum absolute atomic E-state index is 13.6. The Morgan fingerprint density at radius 2 is 1.97 bits per heavy atom. The van der Waals surface area contributed by atoms with Crippen LogP contribution in [0.4, 0.5) is 0 Å². The monoisotopic (exact) mass is 442 g/mol. The van der Waals surface area contributed by atoms with Crippen molar-refractivity contribution in [2.24, 2.45) is 0 Å². The van der Waals surface area contributed by atoms with E-state index in [9.17, 15) is 9.59 Å². The molecule has 0 radical (unpaired) electrons. The van der Waals surface area contributed by atoms with E-state index in [1.54, 1.807) is 16.2 Å². The number of carbonyl (C=O) groups is 2. The number of rotatable bonds is 11. The number of nitrogens with zero attached hydrogens (tertiary/aromatic N) is 1. The Kier molecular flexibility index (Phi) is 9.10. The first-order chi connectivity index (χ1) is 15.1. The molecule has 1 aliphatic carbocycles. The van der Waals surface area contributed by atoms with Gasteiger partial charge in [0.2, 0.25) is 11.8 Å². The lowest BCUT2D eigenvalue weighted by atomic mass is 9.98. The van der Waals surface area contributed by atoms with Crippen LogP contribution in [0.1, 0.15) is 61.1 Å². The molecule has 2 amide bonds.